The molecular weight excluding hydrogens is 448 g/mol. The molecule has 10 nitrogen and oxygen atoms in total. The van der Waals surface area contributed by atoms with E-state index in [1.807, 2.05) is 29.3 Å². The summed E-state index contributed by atoms with van der Waals surface area (Å²) in [6.45, 7) is 4.99. The number of nitrogens with zero attached hydrogens (tertiary/aromatic N) is 3. The first-order chi connectivity index (χ1) is 15.8. The average molecular weight is 479 g/mol. The highest BCUT2D eigenvalue weighted by atomic mass is 32.2. The van der Waals surface area contributed by atoms with Gasteiger partial charge in [-0.15, -0.1) is 0 Å². The minimum absolute atomic E-state index is 0.0449. The SMILES string of the molecule is COc1ccc(CN2NCc3c(COS(C)(=O)=O)cc(N4CCOCC4C)nc32)c(OC)c1. The predicted molar refractivity (Wildman–Crippen MR) is 124 cm³/mol. The van der Waals surface area contributed by atoms with Gasteiger partial charge in [-0.1, -0.05) is 0 Å². The van der Waals surface area contributed by atoms with Crippen molar-refractivity contribution in [1.82, 2.24) is 10.4 Å². The summed E-state index contributed by atoms with van der Waals surface area (Å²) >= 11 is 0. The molecule has 3 heterocycles. The third kappa shape index (κ3) is 5.32. The Hall–Kier alpha value is -2.60. The summed E-state index contributed by atoms with van der Waals surface area (Å²) in [5.41, 5.74) is 6.02. The van der Waals surface area contributed by atoms with E-state index in [9.17, 15) is 8.42 Å². The van der Waals surface area contributed by atoms with Crippen LogP contribution >= 0.6 is 0 Å². The number of morpholine rings is 1. The van der Waals surface area contributed by atoms with Crippen molar-refractivity contribution in [3.05, 3.63) is 41.0 Å². The number of methoxy groups -OCH3 is 2. The van der Waals surface area contributed by atoms with E-state index in [4.69, 9.17) is 23.4 Å². The van der Waals surface area contributed by atoms with Gasteiger partial charge in [-0.05, 0) is 30.7 Å². The first kappa shape index (κ1) is 23.6. The normalized spacial score (nSPS) is 18.4. The lowest BCUT2D eigenvalue weighted by atomic mass is 10.1. The van der Waals surface area contributed by atoms with Gasteiger partial charge in [-0.25, -0.2) is 10.4 Å². The molecule has 1 fully saturated rings. The van der Waals surface area contributed by atoms with E-state index in [0.29, 0.717) is 44.3 Å². The third-order valence-corrected chi connectivity index (χ3v) is 6.34. The number of pyridine rings is 1. The summed E-state index contributed by atoms with van der Waals surface area (Å²) in [6.07, 6.45) is 1.06. The van der Waals surface area contributed by atoms with Gasteiger partial charge in [0.1, 0.15) is 23.1 Å². The zero-order valence-corrected chi connectivity index (χ0v) is 20.1. The van der Waals surface area contributed by atoms with E-state index in [2.05, 4.69) is 17.2 Å². The molecule has 0 aliphatic carbocycles. The Balaban J connectivity index is 1.69. The van der Waals surface area contributed by atoms with E-state index in [1.54, 1.807) is 14.2 Å². The maximum atomic E-state index is 11.7. The fourth-order valence-corrected chi connectivity index (χ4v) is 4.40. The first-order valence-electron chi connectivity index (χ1n) is 10.7. The molecule has 1 N–H and O–H groups in total. The Morgan fingerprint density at radius 3 is 2.73 bits per heavy atom. The van der Waals surface area contributed by atoms with Crippen molar-refractivity contribution < 1.29 is 26.8 Å². The Morgan fingerprint density at radius 2 is 2.03 bits per heavy atom. The highest BCUT2D eigenvalue weighted by Crippen LogP contribution is 2.34. The number of anilines is 2. The summed E-state index contributed by atoms with van der Waals surface area (Å²) in [7, 11) is -0.341. The van der Waals surface area contributed by atoms with Crippen molar-refractivity contribution in [3.63, 3.8) is 0 Å². The molecule has 33 heavy (non-hydrogen) atoms. The highest BCUT2D eigenvalue weighted by molar-refractivity contribution is 7.85. The fourth-order valence-electron chi connectivity index (χ4n) is 4.06. The molecule has 2 aliphatic heterocycles. The summed E-state index contributed by atoms with van der Waals surface area (Å²) < 4.78 is 44.9. The summed E-state index contributed by atoms with van der Waals surface area (Å²) in [4.78, 5) is 7.14. The molecule has 1 atom stereocenters. The van der Waals surface area contributed by atoms with Crippen LogP contribution in [0.4, 0.5) is 11.6 Å². The average Bonchev–Trinajstić information content (AvgIpc) is 3.20. The maximum Gasteiger partial charge on any atom is 0.264 e. The second-order valence-corrected chi connectivity index (χ2v) is 9.77. The van der Waals surface area contributed by atoms with Gasteiger partial charge in [0.2, 0.25) is 0 Å². The number of ether oxygens (including phenoxy) is 3. The molecule has 0 radical (unpaired) electrons. The van der Waals surface area contributed by atoms with Crippen molar-refractivity contribution >= 4 is 21.8 Å². The second-order valence-electron chi connectivity index (χ2n) is 8.12. The molecule has 180 valence electrons. The van der Waals surface area contributed by atoms with Crippen LogP contribution in [0.5, 0.6) is 11.5 Å². The van der Waals surface area contributed by atoms with Gasteiger partial charge in [-0.3, -0.25) is 9.19 Å². The number of hydrogen-bond donors (Lipinski definition) is 1. The highest BCUT2D eigenvalue weighted by Gasteiger charge is 2.29. The van der Waals surface area contributed by atoms with Crippen molar-refractivity contribution in [1.29, 1.82) is 0 Å². The largest absolute Gasteiger partial charge is 0.497 e. The van der Waals surface area contributed by atoms with Crippen LogP contribution in [0, 0.1) is 0 Å². The van der Waals surface area contributed by atoms with Gasteiger partial charge in [0.05, 0.1) is 52.9 Å². The molecule has 2 aromatic rings. The Bertz CT molecular complexity index is 1110. The second kappa shape index (κ2) is 9.72. The molecule has 1 aromatic carbocycles. The monoisotopic (exact) mass is 478 g/mol. The summed E-state index contributed by atoms with van der Waals surface area (Å²) in [5, 5.41) is 1.96. The predicted octanol–water partition coefficient (Wildman–Crippen LogP) is 1.82. The van der Waals surface area contributed by atoms with Crippen molar-refractivity contribution in [3.8, 4) is 11.5 Å². The smallest absolute Gasteiger partial charge is 0.264 e. The summed E-state index contributed by atoms with van der Waals surface area (Å²) in [5.74, 6) is 2.94. The van der Waals surface area contributed by atoms with E-state index in [1.165, 1.54) is 0 Å². The van der Waals surface area contributed by atoms with E-state index < -0.39 is 10.1 Å². The quantitative estimate of drug-likeness (QED) is 0.565. The molecule has 1 aromatic heterocycles. The Morgan fingerprint density at radius 1 is 1.21 bits per heavy atom. The van der Waals surface area contributed by atoms with Gasteiger partial charge < -0.3 is 19.1 Å². The van der Waals surface area contributed by atoms with Crippen LogP contribution < -0.4 is 24.8 Å². The zero-order valence-electron chi connectivity index (χ0n) is 19.3. The Kier molecular flexibility index (Phi) is 6.94. The Labute approximate surface area is 194 Å². The van der Waals surface area contributed by atoms with Crippen LogP contribution in [0.1, 0.15) is 23.6 Å². The van der Waals surface area contributed by atoms with Gasteiger partial charge in [0.15, 0.2) is 0 Å². The van der Waals surface area contributed by atoms with Crippen molar-refractivity contribution in [2.75, 3.05) is 50.1 Å². The topological polar surface area (TPSA) is 102 Å². The standard InChI is InChI=1S/C22H30N4O6S/c1-15-13-31-8-7-25(15)21-9-17(14-32-33(4,27)28)19-11-23-26(22(19)24-21)12-16-5-6-18(29-2)10-20(16)30-3/h5-6,9-10,15,23H,7-8,11-14H2,1-4H3. The molecule has 0 spiro atoms. The molecular formula is C22H30N4O6S. The molecule has 4 rings (SSSR count). The minimum atomic E-state index is -3.58. The number of hydrogen-bond acceptors (Lipinski definition) is 10. The summed E-state index contributed by atoms with van der Waals surface area (Å²) in [6, 6.07) is 7.76. The third-order valence-electron chi connectivity index (χ3n) is 5.80. The molecule has 0 bridgehead atoms. The van der Waals surface area contributed by atoms with Crippen LogP contribution in [0.3, 0.4) is 0 Å². The van der Waals surface area contributed by atoms with Gasteiger partial charge in [-0.2, -0.15) is 8.42 Å². The van der Waals surface area contributed by atoms with Crippen molar-refractivity contribution in [2.45, 2.75) is 32.7 Å². The molecule has 2 aliphatic rings. The number of rotatable bonds is 8. The zero-order chi connectivity index (χ0) is 23.6. The molecule has 1 unspecified atom stereocenters. The minimum Gasteiger partial charge on any atom is -0.497 e. The van der Waals surface area contributed by atoms with Crippen LogP contribution in [0.2, 0.25) is 0 Å². The van der Waals surface area contributed by atoms with E-state index in [0.717, 1.165) is 34.6 Å². The molecule has 0 saturated carbocycles. The van der Waals surface area contributed by atoms with Crippen LogP contribution in [0.25, 0.3) is 0 Å². The fraction of sp³-hybridized carbons (Fsp3) is 0.500. The van der Waals surface area contributed by atoms with Crippen molar-refractivity contribution in [2.24, 2.45) is 0 Å². The number of fused-ring (bicyclic) bond motifs is 1. The molecule has 1 saturated heterocycles. The number of nitrogens with one attached hydrogen (secondary N) is 1. The maximum absolute atomic E-state index is 11.7. The van der Waals surface area contributed by atoms with Crippen LogP contribution in [-0.2, 0) is 38.7 Å². The van der Waals surface area contributed by atoms with E-state index >= 15 is 0 Å². The van der Waals surface area contributed by atoms with E-state index in [-0.39, 0.29) is 12.6 Å². The number of benzene rings is 1. The molecule has 11 heteroatoms. The lowest BCUT2D eigenvalue weighted by Gasteiger charge is -2.35. The van der Waals surface area contributed by atoms with Gasteiger partial charge in [0, 0.05) is 30.3 Å². The van der Waals surface area contributed by atoms with Crippen LogP contribution in [-0.4, -0.2) is 59.7 Å². The molecule has 0 amide bonds. The van der Waals surface area contributed by atoms with Gasteiger partial charge in [0.25, 0.3) is 10.1 Å². The first-order valence-corrected chi connectivity index (χ1v) is 12.5. The number of hydrazine groups is 1. The lowest BCUT2D eigenvalue weighted by molar-refractivity contribution is 0.0985. The van der Waals surface area contributed by atoms with Gasteiger partial charge >= 0.3 is 0 Å². The lowest BCUT2D eigenvalue weighted by Crippen LogP contribution is -2.44. The van der Waals surface area contributed by atoms with Crippen LogP contribution in [0.15, 0.2) is 24.3 Å². The number of aromatic nitrogens is 1.